The molecule has 1 heterocycles. The van der Waals surface area contributed by atoms with Gasteiger partial charge in [-0.2, -0.15) is 0 Å². The van der Waals surface area contributed by atoms with Crippen molar-refractivity contribution < 1.29 is 13.2 Å². The minimum absolute atomic E-state index is 0.0491. The fourth-order valence-electron chi connectivity index (χ4n) is 2.91. The molecule has 0 aromatic heterocycles. The molecule has 1 aliphatic heterocycles. The van der Waals surface area contributed by atoms with E-state index < -0.39 is 10.0 Å². The predicted molar refractivity (Wildman–Crippen MR) is 85.1 cm³/mol. The van der Waals surface area contributed by atoms with Crippen molar-refractivity contribution in [2.45, 2.75) is 24.7 Å². The molecule has 0 aliphatic carbocycles. The van der Waals surface area contributed by atoms with Gasteiger partial charge in [0.1, 0.15) is 0 Å². The second-order valence-corrected chi connectivity index (χ2v) is 7.35. The van der Waals surface area contributed by atoms with Crippen LogP contribution in [0.3, 0.4) is 0 Å². The zero-order valence-corrected chi connectivity index (χ0v) is 13.8. The summed E-state index contributed by atoms with van der Waals surface area (Å²) in [5.74, 6) is 0.563. The molecule has 6 nitrogen and oxygen atoms in total. The van der Waals surface area contributed by atoms with Gasteiger partial charge in [-0.1, -0.05) is 0 Å². The predicted octanol–water partition coefficient (Wildman–Crippen LogP) is 0.714. The summed E-state index contributed by atoms with van der Waals surface area (Å²) in [4.78, 5) is 14.4. The first-order chi connectivity index (χ1) is 10.3. The van der Waals surface area contributed by atoms with Crippen LogP contribution in [-0.4, -0.2) is 45.9 Å². The van der Waals surface area contributed by atoms with Gasteiger partial charge in [-0.05, 0) is 63.0 Å². The highest BCUT2D eigenvalue weighted by Crippen LogP contribution is 2.20. The van der Waals surface area contributed by atoms with E-state index in [1.54, 1.807) is 13.0 Å². The van der Waals surface area contributed by atoms with Crippen LogP contribution in [0, 0.1) is 12.8 Å². The zero-order chi connectivity index (χ0) is 16.3. The monoisotopic (exact) mass is 325 g/mol. The lowest BCUT2D eigenvalue weighted by Gasteiger charge is -2.32. The van der Waals surface area contributed by atoms with Crippen LogP contribution in [0.5, 0.6) is 0 Å². The lowest BCUT2D eigenvalue weighted by molar-refractivity contribution is 0.0690. The molecule has 1 saturated heterocycles. The molecule has 1 fully saturated rings. The zero-order valence-electron chi connectivity index (χ0n) is 13.0. The third-order valence-corrected chi connectivity index (χ3v) is 5.19. The quantitative estimate of drug-likeness (QED) is 0.853. The number of carbonyl (C=O) groups excluding carboxylic acids is 1. The molecule has 1 aromatic carbocycles. The minimum atomic E-state index is -3.75. The number of nitrogens with two attached hydrogens (primary N) is 1. The van der Waals surface area contributed by atoms with Gasteiger partial charge in [-0.15, -0.1) is 0 Å². The summed E-state index contributed by atoms with van der Waals surface area (Å²) in [6, 6.07) is 4.54. The number of nitrogens with zero attached hydrogens (tertiary/aromatic N) is 1. The summed E-state index contributed by atoms with van der Waals surface area (Å²) >= 11 is 0. The maximum Gasteiger partial charge on any atom is 0.253 e. The summed E-state index contributed by atoms with van der Waals surface area (Å²) in [7, 11) is -1.81. The number of primary sulfonamides is 1. The number of amides is 1. The standard InChI is InChI=1S/C15H23N3O3S/c1-11-9-13(3-4-14(11)22(16,20)21)15(19)18-7-5-12(6-8-18)10-17-2/h3-4,9,12,17H,5-8,10H2,1-2H3,(H2,16,20,21). The molecule has 2 rings (SSSR count). The molecule has 0 spiro atoms. The Balaban J connectivity index is 2.10. The van der Waals surface area contributed by atoms with Gasteiger partial charge in [-0.3, -0.25) is 4.79 Å². The van der Waals surface area contributed by atoms with Crippen LogP contribution in [0.4, 0.5) is 0 Å². The highest BCUT2D eigenvalue weighted by Gasteiger charge is 2.24. The fraction of sp³-hybridized carbons (Fsp3) is 0.533. The van der Waals surface area contributed by atoms with Gasteiger partial charge in [0.15, 0.2) is 0 Å². The van der Waals surface area contributed by atoms with E-state index in [1.165, 1.54) is 12.1 Å². The topological polar surface area (TPSA) is 92.5 Å². The number of rotatable bonds is 4. The molecule has 0 radical (unpaired) electrons. The van der Waals surface area contributed by atoms with Crippen LogP contribution >= 0.6 is 0 Å². The Morgan fingerprint density at radius 2 is 2.00 bits per heavy atom. The van der Waals surface area contributed by atoms with Gasteiger partial charge >= 0.3 is 0 Å². The molecule has 1 aliphatic rings. The van der Waals surface area contributed by atoms with E-state index >= 15 is 0 Å². The number of sulfonamides is 1. The largest absolute Gasteiger partial charge is 0.339 e. The van der Waals surface area contributed by atoms with Crippen LogP contribution in [-0.2, 0) is 10.0 Å². The van der Waals surface area contributed by atoms with Gasteiger partial charge < -0.3 is 10.2 Å². The van der Waals surface area contributed by atoms with E-state index in [4.69, 9.17) is 5.14 Å². The van der Waals surface area contributed by atoms with E-state index in [0.29, 0.717) is 17.0 Å². The van der Waals surface area contributed by atoms with Crippen molar-refractivity contribution in [3.8, 4) is 0 Å². The number of carbonyl (C=O) groups is 1. The second-order valence-electron chi connectivity index (χ2n) is 5.82. The Hall–Kier alpha value is -1.44. The maximum absolute atomic E-state index is 12.5. The molecular weight excluding hydrogens is 302 g/mol. The normalized spacial score (nSPS) is 16.8. The molecule has 0 bridgehead atoms. The number of benzene rings is 1. The molecule has 122 valence electrons. The number of likely N-dealkylation sites (tertiary alicyclic amines) is 1. The average molecular weight is 325 g/mol. The van der Waals surface area contributed by atoms with Crippen molar-refractivity contribution in [3.05, 3.63) is 29.3 Å². The third kappa shape index (κ3) is 3.85. The van der Waals surface area contributed by atoms with Crippen LogP contribution in [0.15, 0.2) is 23.1 Å². The summed E-state index contributed by atoms with van der Waals surface area (Å²) in [5.41, 5.74) is 1.01. The lowest BCUT2D eigenvalue weighted by atomic mass is 9.96. The first kappa shape index (κ1) is 16.9. The van der Waals surface area contributed by atoms with E-state index in [0.717, 1.165) is 32.5 Å². The van der Waals surface area contributed by atoms with Gasteiger partial charge in [0, 0.05) is 18.7 Å². The van der Waals surface area contributed by atoms with Crippen molar-refractivity contribution in [1.82, 2.24) is 10.2 Å². The Labute approximate surface area is 131 Å². The number of hydrogen-bond acceptors (Lipinski definition) is 4. The van der Waals surface area contributed by atoms with Gasteiger partial charge in [0.25, 0.3) is 5.91 Å². The number of hydrogen-bond donors (Lipinski definition) is 2. The molecular formula is C15H23N3O3S. The van der Waals surface area contributed by atoms with Crippen LogP contribution in [0.1, 0.15) is 28.8 Å². The fourth-order valence-corrected chi connectivity index (χ4v) is 3.68. The summed E-state index contributed by atoms with van der Waals surface area (Å²) in [6.45, 7) is 4.10. The molecule has 7 heteroatoms. The van der Waals surface area contributed by atoms with Gasteiger partial charge in [0.05, 0.1) is 4.90 Å². The average Bonchev–Trinajstić information content (AvgIpc) is 2.46. The molecule has 22 heavy (non-hydrogen) atoms. The third-order valence-electron chi connectivity index (χ3n) is 4.12. The van der Waals surface area contributed by atoms with Crippen LogP contribution in [0.25, 0.3) is 0 Å². The smallest absolute Gasteiger partial charge is 0.253 e. The molecule has 1 aromatic rings. The van der Waals surface area contributed by atoms with Crippen molar-refractivity contribution in [1.29, 1.82) is 0 Å². The molecule has 0 unspecified atom stereocenters. The van der Waals surface area contributed by atoms with Crippen LogP contribution < -0.4 is 10.5 Å². The van der Waals surface area contributed by atoms with E-state index in [2.05, 4.69) is 5.32 Å². The molecule has 3 N–H and O–H groups in total. The molecule has 0 saturated carbocycles. The van der Waals surface area contributed by atoms with E-state index in [1.807, 2.05) is 11.9 Å². The summed E-state index contributed by atoms with van der Waals surface area (Å²) in [6.07, 6.45) is 1.97. The summed E-state index contributed by atoms with van der Waals surface area (Å²) in [5, 5.41) is 8.31. The Morgan fingerprint density at radius 3 is 2.50 bits per heavy atom. The van der Waals surface area contributed by atoms with Crippen molar-refractivity contribution in [2.75, 3.05) is 26.7 Å². The van der Waals surface area contributed by atoms with Crippen LogP contribution in [0.2, 0.25) is 0 Å². The second kappa shape index (κ2) is 6.76. The lowest BCUT2D eigenvalue weighted by Crippen LogP contribution is -2.40. The first-order valence-corrected chi connectivity index (χ1v) is 8.95. The Morgan fingerprint density at radius 1 is 1.36 bits per heavy atom. The van der Waals surface area contributed by atoms with Crippen molar-refractivity contribution in [2.24, 2.45) is 11.1 Å². The van der Waals surface area contributed by atoms with Gasteiger partial charge in [0.2, 0.25) is 10.0 Å². The number of nitrogens with one attached hydrogen (secondary N) is 1. The summed E-state index contributed by atoms with van der Waals surface area (Å²) < 4.78 is 22.8. The SMILES string of the molecule is CNCC1CCN(C(=O)c2ccc(S(N)(=O)=O)c(C)c2)CC1. The molecule has 0 atom stereocenters. The highest BCUT2D eigenvalue weighted by molar-refractivity contribution is 7.89. The van der Waals surface area contributed by atoms with E-state index in [-0.39, 0.29) is 10.8 Å². The van der Waals surface area contributed by atoms with E-state index in [9.17, 15) is 13.2 Å². The molecule has 1 amide bonds. The van der Waals surface area contributed by atoms with Crippen molar-refractivity contribution in [3.63, 3.8) is 0 Å². The number of aryl methyl sites for hydroxylation is 1. The Kier molecular flexibility index (Phi) is 5.20. The highest BCUT2D eigenvalue weighted by atomic mass is 32.2. The van der Waals surface area contributed by atoms with Gasteiger partial charge in [-0.25, -0.2) is 13.6 Å². The minimum Gasteiger partial charge on any atom is -0.339 e. The number of piperidine rings is 1. The Bertz CT molecular complexity index is 650. The van der Waals surface area contributed by atoms with Crippen molar-refractivity contribution >= 4 is 15.9 Å². The first-order valence-electron chi connectivity index (χ1n) is 7.40. The maximum atomic E-state index is 12.5.